The van der Waals surface area contributed by atoms with E-state index in [0.29, 0.717) is 5.69 Å². The molecule has 0 atom stereocenters. The monoisotopic (exact) mass is 316 g/mol. The number of nitrogens with zero attached hydrogens (tertiary/aromatic N) is 3. The minimum Gasteiger partial charge on any atom is -0.399 e. The molecule has 126 valence electrons. The number of nitrogen functional groups attached to an aromatic ring is 1. The van der Waals surface area contributed by atoms with Gasteiger partial charge in [-0.15, -0.1) is 0 Å². The first-order chi connectivity index (χ1) is 11.0. The Morgan fingerprint density at radius 1 is 1.09 bits per heavy atom. The molecule has 1 aromatic rings. The normalized spacial score (nSPS) is 20.8. The highest BCUT2D eigenvalue weighted by molar-refractivity contribution is 6.00. The lowest BCUT2D eigenvalue weighted by Gasteiger charge is -2.36. The van der Waals surface area contributed by atoms with E-state index in [1.807, 2.05) is 23.1 Å². The van der Waals surface area contributed by atoms with Gasteiger partial charge in [-0.25, -0.2) is 0 Å². The molecule has 5 heteroatoms. The minimum atomic E-state index is 0.124. The highest BCUT2D eigenvalue weighted by atomic mass is 16.2. The van der Waals surface area contributed by atoms with Crippen LogP contribution >= 0.6 is 0 Å². The minimum absolute atomic E-state index is 0.124. The molecule has 0 unspecified atom stereocenters. The van der Waals surface area contributed by atoms with Gasteiger partial charge in [0.1, 0.15) is 0 Å². The van der Waals surface area contributed by atoms with Crippen LogP contribution in [-0.2, 0) is 0 Å². The van der Waals surface area contributed by atoms with Crippen LogP contribution in [-0.4, -0.2) is 62.0 Å². The number of likely N-dealkylation sites (N-methyl/N-ethyl adjacent to an activating group) is 1. The van der Waals surface area contributed by atoms with Gasteiger partial charge >= 0.3 is 0 Å². The van der Waals surface area contributed by atoms with Gasteiger partial charge in [-0.05, 0) is 44.0 Å². The first-order valence-corrected chi connectivity index (χ1v) is 8.67. The topological polar surface area (TPSA) is 52.8 Å². The van der Waals surface area contributed by atoms with E-state index in [2.05, 4.69) is 23.8 Å². The molecule has 1 aromatic carbocycles. The first kappa shape index (κ1) is 16.1. The molecule has 3 rings (SSSR count). The van der Waals surface area contributed by atoms with Crippen LogP contribution in [0.3, 0.4) is 0 Å². The molecule has 0 radical (unpaired) electrons. The maximum atomic E-state index is 13.0. The number of hydrogen-bond donors (Lipinski definition) is 1. The number of piperazine rings is 1. The zero-order chi connectivity index (χ0) is 16.4. The van der Waals surface area contributed by atoms with Crippen molar-refractivity contribution in [3.05, 3.63) is 23.8 Å². The predicted octanol–water partition coefficient (Wildman–Crippen LogP) is 1.89. The number of carbonyl (C=O) groups excluding carboxylic acids is 1. The van der Waals surface area contributed by atoms with Crippen LogP contribution in [0.25, 0.3) is 0 Å². The zero-order valence-electron chi connectivity index (χ0n) is 14.3. The summed E-state index contributed by atoms with van der Waals surface area (Å²) in [4.78, 5) is 19.6. The summed E-state index contributed by atoms with van der Waals surface area (Å²) in [5.74, 6) is 0.899. The molecule has 0 bridgehead atoms. The highest BCUT2D eigenvalue weighted by Gasteiger charge is 2.26. The van der Waals surface area contributed by atoms with Crippen LogP contribution in [0.2, 0.25) is 0 Å². The van der Waals surface area contributed by atoms with Crippen LogP contribution < -0.4 is 10.6 Å². The van der Waals surface area contributed by atoms with E-state index >= 15 is 0 Å². The third-order valence-electron chi connectivity index (χ3n) is 5.17. The van der Waals surface area contributed by atoms with E-state index < -0.39 is 0 Å². The van der Waals surface area contributed by atoms with Gasteiger partial charge < -0.3 is 20.4 Å². The Labute approximate surface area is 139 Å². The molecule has 0 spiro atoms. The first-order valence-electron chi connectivity index (χ1n) is 8.67. The standard InChI is InChI=1S/C18H28N4O/c1-14-5-7-21(8-6-14)17-4-3-15(19)13-16(17)18(23)22-11-9-20(2)10-12-22/h3-4,13-14H,5-12,19H2,1-2H3. The molecule has 2 fully saturated rings. The van der Waals surface area contributed by atoms with Gasteiger partial charge in [0.2, 0.25) is 0 Å². The van der Waals surface area contributed by atoms with E-state index in [1.165, 1.54) is 12.8 Å². The van der Waals surface area contributed by atoms with E-state index in [9.17, 15) is 4.79 Å². The Morgan fingerprint density at radius 2 is 1.74 bits per heavy atom. The summed E-state index contributed by atoms with van der Waals surface area (Å²) in [6.07, 6.45) is 2.37. The van der Waals surface area contributed by atoms with Gasteiger partial charge in [0.15, 0.2) is 0 Å². The number of hydrogen-bond acceptors (Lipinski definition) is 4. The zero-order valence-corrected chi connectivity index (χ0v) is 14.3. The average Bonchev–Trinajstić information content (AvgIpc) is 2.56. The van der Waals surface area contributed by atoms with Crippen molar-refractivity contribution in [2.45, 2.75) is 19.8 Å². The number of piperidine rings is 1. The Bertz CT molecular complexity index is 558. The second-order valence-electron chi connectivity index (χ2n) is 7.04. The lowest BCUT2D eigenvalue weighted by molar-refractivity contribution is 0.0664. The molecule has 0 aliphatic carbocycles. The molecule has 1 amide bonds. The number of rotatable bonds is 2. The predicted molar refractivity (Wildman–Crippen MR) is 94.9 cm³/mol. The summed E-state index contributed by atoms with van der Waals surface area (Å²) >= 11 is 0. The fourth-order valence-corrected chi connectivity index (χ4v) is 3.43. The van der Waals surface area contributed by atoms with Crippen LogP contribution in [0.1, 0.15) is 30.1 Å². The second-order valence-corrected chi connectivity index (χ2v) is 7.04. The van der Waals surface area contributed by atoms with Gasteiger partial charge in [-0.1, -0.05) is 6.92 Å². The molecule has 2 aliphatic heterocycles. The van der Waals surface area contributed by atoms with Gasteiger partial charge in [0.05, 0.1) is 5.56 Å². The lowest BCUT2D eigenvalue weighted by Crippen LogP contribution is -2.47. The van der Waals surface area contributed by atoms with E-state index in [1.54, 1.807) is 0 Å². The molecule has 5 nitrogen and oxygen atoms in total. The van der Waals surface area contributed by atoms with Crippen LogP contribution in [0.15, 0.2) is 18.2 Å². The lowest BCUT2D eigenvalue weighted by atomic mass is 9.97. The van der Waals surface area contributed by atoms with Crippen LogP contribution in [0.4, 0.5) is 11.4 Å². The Hall–Kier alpha value is -1.75. The average molecular weight is 316 g/mol. The van der Waals surface area contributed by atoms with Crippen molar-refractivity contribution in [1.29, 1.82) is 0 Å². The van der Waals surface area contributed by atoms with Crippen molar-refractivity contribution in [3.8, 4) is 0 Å². The van der Waals surface area contributed by atoms with E-state index in [0.717, 1.165) is 56.4 Å². The summed E-state index contributed by atoms with van der Waals surface area (Å²) in [7, 11) is 2.10. The molecule has 0 aromatic heterocycles. The Morgan fingerprint density at radius 3 is 2.39 bits per heavy atom. The van der Waals surface area contributed by atoms with Crippen molar-refractivity contribution in [2.75, 3.05) is 56.9 Å². The van der Waals surface area contributed by atoms with E-state index in [-0.39, 0.29) is 5.91 Å². The molecular weight excluding hydrogens is 288 g/mol. The summed E-state index contributed by atoms with van der Waals surface area (Å²) in [6.45, 7) is 7.80. The molecule has 2 N–H and O–H groups in total. The molecule has 0 saturated carbocycles. The van der Waals surface area contributed by atoms with Crippen LogP contribution in [0.5, 0.6) is 0 Å². The third kappa shape index (κ3) is 3.61. The molecule has 23 heavy (non-hydrogen) atoms. The molecule has 2 heterocycles. The quantitative estimate of drug-likeness (QED) is 0.847. The Balaban J connectivity index is 1.82. The van der Waals surface area contributed by atoms with Crippen molar-refractivity contribution < 1.29 is 4.79 Å². The van der Waals surface area contributed by atoms with E-state index in [4.69, 9.17) is 5.73 Å². The maximum absolute atomic E-state index is 13.0. The second kappa shape index (κ2) is 6.79. The maximum Gasteiger partial charge on any atom is 0.256 e. The number of anilines is 2. The molecular formula is C18H28N4O. The fraction of sp³-hybridized carbons (Fsp3) is 0.611. The summed E-state index contributed by atoms with van der Waals surface area (Å²) in [5, 5.41) is 0. The number of benzene rings is 1. The molecule has 2 aliphatic rings. The van der Waals surface area contributed by atoms with Crippen LogP contribution in [0, 0.1) is 5.92 Å². The van der Waals surface area contributed by atoms with Gasteiger partial charge in [-0.2, -0.15) is 0 Å². The van der Waals surface area contributed by atoms with Gasteiger partial charge in [0.25, 0.3) is 5.91 Å². The highest BCUT2D eigenvalue weighted by Crippen LogP contribution is 2.29. The van der Waals surface area contributed by atoms with Crippen molar-refractivity contribution in [2.24, 2.45) is 5.92 Å². The summed E-state index contributed by atoms with van der Waals surface area (Å²) in [5.41, 5.74) is 8.45. The summed E-state index contributed by atoms with van der Waals surface area (Å²) < 4.78 is 0. The molecule has 2 saturated heterocycles. The van der Waals surface area contributed by atoms with Crippen molar-refractivity contribution in [1.82, 2.24) is 9.80 Å². The smallest absolute Gasteiger partial charge is 0.256 e. The van der Waals surface area contributed by atoms with Crippen molar-refractivity contribution in [3.63, 3.8) is 0 Å². The van der Waals surface area contributed by atoms with Crippen molar-refractivity contribution >= 4 is 17.3 Å². The SMILES string of the molecule is CC1CCN(c2ccc(N)cc2C(=O)N2CCN(C)CC2)CC1. The number of carbonyl (C=O) groups is 1. The summed E-state index contributed by atoms with van der Waals surface area (Å²) in [6, 6.07) is 5.79. The Kier molecular flexibility index (Phi) is 4.76. The number of amides is 1. The van der Waals surface area contributed by atoms with Gasteiger partial charge in [-0.3, -0.25) is 4.79 Å². The van der Waals surface area contributed by atoms with Gasteiger partial charge in [0, 0.05) is 50.6 Å². The number of nitrogens with two attached hydrogens (primary N) is 1. The third-order valence-corrected chi connectivity index (χ3v) is 5.17. The fourth-order valence-electron chi connectivity index (χ4n) is 3.43. The largest absolute Gasteiger partial charge is 0.399 e.